The van der Waals surface area contributed by atoms with Gasteiger partial charge in [-0.1, -0.05) is 0 Å². The third-order valence-electron chi connectivity index (χ3n) is 7.41. The molecule has 6 rings (SSSR count). The third-order valence-corrected chi connectivity index (χ3v) is 7.41. The molecule has 12 nitrogen and oxygen atoms in total. The van der Waals surface area contributed by atoms with Crippen LogP contribution >= 0.6 is 0 Å². The Balaban J connectivity index is 1.03. The first kappa shape index (κ1) is 25.4. The summed E-state index contributed by atoms with van der Waals surface area (Å²) in [6, 6.07) is 12.0. The molecule has 4 aromatic rings. The maximum Gasteiger partial charge on any atom is 0.259 e. The van der Waals surface area contributed by atoms with Crippen molar-refractivity contribution in [2.75, 3.05) is 81.7 Å². The number of benzene rings is 1. The summed E-state index contributed by atoms with van der Waals surface area (Å²) in [7, 11) is 1.68. The highest BCUT2D eigenvalue weighted by molar-refractivity contribution is 5.53. The normalized spacial score (nSPS) is 18.6. The van der Waals surface area contributed by atoms with Crippen LogP contribution in [0.1, 0.15) is 12.8 Å². The van der Waals surface area contributed by atoms with Crippen molar-refractivity contribution in [1.82, 2.24) is 29.5 Å². The van der Waals surface area contributed by atoms with Crippen molar-refractivity contribution in [1.29, 1.82) is 0 Å². The van der Waals surface area contributed by atoms with E-state index in [2.05, 4.69) is 46.9 Å². The lowest BCUT2D eigenvalue weighted by molar-refractivity contribution is 0.146. The van der Waals surface area contributed by atoms with Crippen molar-refractivity contribution < 1.29 is 13.9 Å². The van der Waals surface area contributed by atoms with Crippen LogP contribution in [-0.2, 0) is 4.74 Å². The van der Waals surface area contributed by atoms with E-state index in [1.165, 1.54) is 16.6 Å². The minimum absolute atomic E-state index is 0.271. The first-order valence-electron chi connectivity index (χ1n) is 13.5. The maximum atomic E-state index is 6.24. The van der Waals surface area contributed by atoms with Gasteiger partial charge in [0.15, 0.2) is 5.76 Å². The Morgan fingerprint density at radius 2 is 1.82 bits per heavy atom. The number of ether oxygens (including phenoxy) is 2. The summed E-state index contributed by atoms with van der Waals surface area (Å²) < 4.78 is 17.6. The Morgan fingerprint density at radius 1 is 0.974 bits per heavy atom. The molecular formula is C27H35N9O3. The number of hydrogen-bond donors (Lipinski definition) is 1. The standard InChI is InChI=1S/C27H35N9O3/c1-37-16-17-38-22-8-6-21(7-9-22)34-13-11-33(12-14-34)18-20-4-2-10-35(19-20)26-30-25(28)36-27(31-26)29-24(32-36)23-5-3-15-39-23/h3,5-9,15,20H,2,4,10-14,16-19H2,1H3,(H2,28,29,30,31,32)/t20-/m1/s1. The van der Waals surface area contributed by atoms with Crippen LogP contribution in [0.4, 0.5) is 17.6 Å². The minimum atomic E-state index is 0.271. The molecule has 0 unspecified atom stereocenters. The zero-order valence-corrected chi connectivity index (χ0v) is 22.3. The number of furan rings is 1. The Morgan fingerprint density at radius 3 is 2.59 bits per heavy atom. The summed E-state index contributed by atoms with van der Waals surface area (Å²) in [5.41, 5.74) is 7.48. The number of aromatic nitrogens is 5. The highest BCUT2D eigenvalue weighted by Crippen LogP contribution is 2.25. The molecule has 0 aliphatic carbocycles. The van der Waals surface area contributed by atoms with Gasteiger partial charge in [-0.25, -0.2) is 0 Å². The van der Waals surface area contributed by atoms with E-state index in [4.69, 9.17) is 19.6 Å². The Bertz CT molecular complexity index is 1350. The highest BCUT2D eigenvalue weighted by Gasteiger charge is 2.27. The summed E-state index contributed by atoms with van der Waals surface area (Å²) in [6.45, 7) is 8.16. The third kappa shape index (κ3) is 5.76. The number of piperidine rings is 1. The fraction of sp³-hybridized carbons (Fsp3) is 0.481. The van der Waals surface area contributed by atoms with Gasteiger partial charge in [0, 0.05) is 58.6 Å². The van der Waals surface area contributed by atoms with E-state index in [9.17, 15) is 0 Å². The molecule has 1 atom stereocenters. The molecule has 2 aliphatic rings. The highest BCUT2D eigenvalue weighted by atomic mass is 16.5. The zero-order chi connectivity index (χ0) is 26.6. The number of nitrogens with zero attached hydrogens (tertiary/aromatic N) is 8. The predicted octanol–water partition coefficient (Wildman–Crippen LogP) is 2.43. The molecule has 0 radical (unpaired) electrons. The summed E-state index contributed by atoms with van der Waals surface area (Å²) in [6.07, 6.45) is 3.89. The van der Waals surface area contributed by atoms with Crippen LogP contribution in [0, 0.1) is 5.92 Å². The van der Waals surface area contributed by atoms with Crippen LogP contribution in [-0.4, -0.2) is 95.6 Å². The SMILES string of the molecule is COCCOc1ccc(N2CCN(C[C@H]3CCCN(c4nc(N)n5nc(-c6ccco6)nc5n4)C3)CC2)cc1. The van der Waals surface area contributed by atoms with Crippen LogP contribution in [0.2, 0.25) is 0 Å². The van der Waals surface area contributed by atoms with Gasteiger partial charge in [0.25, 0.3) is 5.78 Å². The Hall–Kier alpha value is -3.90. The lowest BCUT2D eigenvalue weighted by Gasteiger charge is -2.40. The molecule has 12 heteroatoms. The largest absolute Gasteiger partial charge is 0.491 e. The van der Waals surface area contributed by atoms with Crippen molar-refractivity contribution >= 4 is 23.4 Å². The lowest BCUT2D eigenvalue weighted by atomic mass is 9.97. The monoisotopic (exact) mass is 533 g/mol. The molecule has 3 aromatic heterocycles. The van der Waals surface area contributed by atoms with Gasteiger partial charge in [0.1, 0.15) is 12.4 Å². The van der Waals surface area contributed by atoms with Gasteiger partial charge in [0.2, 0.25) is 17.7 Å². The van der Waals surface area contributed by atoms with Gasteiger partial charge in [-0.2, -0.15) is 19.5 Å². The quantitative estimate of drug-likeness (QED) is 0.319. The summed E-state index contributed by atoms with van der Waals surface area (Å²) >= 11 is 0. The molecule has 2 saturated heterocycles. The molecule has 206 valence electrons. The number of piperazine rings is 1. The molecule has 1 aromatic carbocycles. The lowest BCUT2D eigenvalue weighted by Crippen LogP contribution is -2.49. The number of methoxy groups -OCH3 is 1. The molecular weight excluding hydrogens is 498 g/mol. The topological polar surface area (TPSA) is 123 Å². The smallest absolute Gasteiger partial charge is 0.259 e. The minimum Gasteiger partial charge on any atom is -0.491 e. The van der Waals surface area contributed by atoms with Crippen molar-refractivity contribution in [2.24, 2.45) is 5.92 Å². The van der Waals surface area contributed by atoms with Crippen molar-refractivity contribution in [2.45, 2.75) is 12.8 Å². The number of nitrogens with two attached hydrogens (primary N) is 1. The first-order chi connectivity index (χ1) is 19.2. The van der Waals surface area contributed by atoms with Gasteiger partial charge in [-0.15, -0.1) is 5.10 Å². The molecule has 0 spiro atoms. The second-order valence-electron chi connectivity index (χ2n) is 10.1. The molecule has 5 heterocycles. The summed E-state index contributed by atoms with van der Waals surface area (Å²) in [5, 5.41) is 4.40. The molecule has 2 N–H and O–H groups in total. The molecule has 0 amide bonds. The zero-order valence-electron chi connectivity index (χ0n) is 22.3. The van der Waals surface area contributed by atoms with Crippen LogP contribution in [0.5, 0.6) is 5.75 Å². The van der Waals surface area contributed by atoms with E-state index in [0.29, 0.717) is 42.4 Å². The van der Waals surface area contributed by atoms with E-state index >= 15 is 0 Å². The van der Waals surface area contributed by atoms with Crippen molar-refractivity contribution in [3.05, 3.63) is 42.7 Å². The Labute approximate surface area is 227 Å². The average Bonchev–Trinajstić information content (AvgIpc) is 3.65. The van der Waals surface area contributed by atoms with Crippen LogP contribution in [0.15, 0.2) is 47.1 Å². The fourth-order valence-corrected chi connectivity index (χ4v) is 5.39. The second kappa shape index (κ2) is 11.5. The van der Waals surface area contributed by atoms with Crippen LogP contribution in [0.3, 0.4) is 0 Å². The first-order valence-corrected chi connectivity index (χ1v) is 13.5. The van der Waals surface area contributed by atoms with Crippen LogP contribution < -0.4 is 20.3 Å². The molecule has 0 saturated carbocycles. The number of nitrogen functional groups attached to an aromatic ring is 1. The number of fused-ring (bicyclic) bond motifs is 1. The average molecular weight is 534 g/mol. The molecule has 0 bridgehead atoms. The van der Waals surface area contributed by atoms with Gasteiger partial charge in [-0.3, -0.25) is 4.90 Å². The van der Waals surface area contributed by atoms with Crippen LogP contribution in [0.25, 0.3) is 17.4 Å². The number of hydrogen-bond acceptors (Lipinski definition) is 11. The van der Waals surface area contributed by atoms with E-state index in [1.54, 1.807) is 19.4 Å². The summed E-state index contributed by atoms with van der Waals surface area (Å²) in [5.74, 6) is 3.76. The van der Waals surface area contributed by atoms with Gasteiger partial charge in [-0.05, 0) is 55.2 Å². The summed E-state index contributed by atoms with van der Waals surface area (Å²) in [4.78, 5) is 21.0. The maximum absolute atomic E-state index is 6.24. The van der Waals surface area contributed by atoms with E-state index in [-0.39, 0.29) is 5.95 Å². The fourth-order valence-electron chi connectivity index (χ4n) is 5.39. The second-order valence-corrected chi connectivity index (χ2v) is 10.1. The molecule has 2 fully saturated rings. The van der Waals surface area contributed by atoms with Gasteiger partial charge in [0.05, 0.1) is 12.9 Å². The van der Waals surface area contributed by atoms with Crippen molar-refractivity contribution in [3.8, 4) is 17.3 Å². The predicted molar refractivity (Wildman–Crippen MR) is 148 cm³/mol. The number of rotatable bonds is 9. The van der Waals surface area contributed by atoms with Crippen molar-refractivity contribution in [3.63, 3.8) is 0 Å². The number of anilines is 3. The van der Waals surface area contributed by atoms with Gasteiger partial charge < -0.3 is 29.4 Å². The molecule has 39 heavy (non-hydrogen) atoms. The molecule has 2 aliphatic heterocycles. The van der Waals surface area contributed by atoms with E-state index in [0.717, 1.165) is 58.0 Å². The van der Waals surface area contributed by atoms with Gasteiger partial charge >= 0.3 is 0 Å². The van der Waals surface area contributed by atoms with E-state index < -0.39 is 0 Å². The Kier molecular flexibility index (Phi) is 7.46. The van der Waals surface area contributed by atoms with E-state index in [1.807, 2.05) is 18.2 Å².